The molecule has 0 radical (unpaired) electrons. The minimum absolute atomic E-state index is 0.144. The van der Waals surface area contributed by atoms with Gasteiger partial charge in [0.1, 0.15) is 0 Å². The van der Waals surface area contributed by atoms with E-state index >= 15 is 0 Å². The van der Waals surface area contributed by atoms with Gasteiger partial charge in [-0.25, -0.2) is 8.42 Å². The van der Waals surface area contributed by atoms with Gasteiger partial charge in [0.25, 0.3) is 0 Å². The average Bonchev–Trinajstić information content (AvgIpc) is 2.99. The topological polar surface area (TPSA) is 63.4 Å². The van der Waals surface area contributed by atoms with Crippen LogP contribution in [0.3, 0.4) is 0 Å². The van der Waals surface area contributed by atoms with E-state index in [9.17, 15) is 8.42 Å². The van der Waals surface area contributed by atoms with Gasteiger partial charge in [-0.1, -0.05) is 19.1 Å². The standard InChI is InChI=1S/C15H24N2O2S/c1-2-20(18,19)14-7-5-13(6-8-14)15(9-10-16)17-11-3-4-12-17/h5-8,15H,2-4,9-12,16H2,1H3. The van der Waals surface area contributed by atoms with Crippen LogP contribution >= 0.6 is 0 Å². The van der Waals surface area contributed by atoms with Crippen LogP contribution in [0.5, 0.6) is 0 Å². The number of nitrogens with two attached hydrogens (primary N) is 1. The van der Waals surface area contributed by atoms with E-state index in [0.29, 0.717) is 17.5 Å². The largest absolute Gasteiger partial charge is 0.330 e. The highest BCUT2D eigenvalue weighted by atomic mass is 32.2. The Labute approximate surface area is 121 Å². The number of hydrogen-bond donors (Lipinski definition) is 1. The minimum atomic E-state index is -3.11. The first kappa shape index (κ1) is 15.5. The molecule has 1 saturated heterocycles. The second-order valence-electron chi connectivity index (χ2n) is 5.31. The van der Waals surface area contributed by atoms with Crippen molar-refractivity contribution < 1.29 is 8.42 Å². The zero-order valence-corrected chi connectivity index (χ0v) is 12.9. The van der Waals surface area contributed by atoms with Crippen LogP contribution in [0.25, 0.3) is 0 Å². The SMILES string of the molecule is CCS(=O)(=O)c1ccc(C(CCN)N2CCCC2)cc1. The normalized spacial score (nSPS) is 18.3. The second kappa shape index (κ2) is 6.70. The molecule has 1 unspecified atom stereocenters. The molecule has 0 saturated carbocycles. The van der Waals surface area contributed by atoms with Gasteiger partial charge in [-0.2, -0.15) is 0 Å². The Kier molecular flexibility index (Phi) is 5.18. The van der Waals surface area contributed by atoms with Gasteiger partial charge < -0.3 is 5.73 Å². The molecule has 0 amide bonds. The summed E-state index contributed by atoms with van der Waals surface area (Å²) in [4.78, 5) is 2.87. The van der Waals surface area contributed by atoms with Crippen molar-refractivity contribution in [3.63, 3.8) is 0 Å². The number of likely N-dealkylation sites (tertiary alicyclic amines) is 1. The first-order chi connectivity index (χ1) is 9.58. The maximum Gasteiger partial charge on any atom is 0.178 e. The molecule has 20 heavy (non-hydrogen) atoms. The van der Waals surface area contributed by atoms with Crippen molar-refractivity contribution in [1.29, 1.82) is 0 Å². The average molecular weight is 296 g/mol. The van der Waals surface area contributed by atoms with E-state index < -0.39 is 9.84 Å². The Morgan fingerprint density at radius 3 is 2.30 bits per heavy atom. The fourth-order valence-corrected chi connectivity index (χ4v) is 3.72. The van der Waals surface area contributed by atoms with E-state index in [1.165, 1.54) is 18.4 Å². The number of rotatable bonds is 6. The molecule has 1 aliphatic heterocycles. The van der Waals surface area contributed by atoms with Crippen LogP contribution in [0.2, 0.25) is 0 Å². The fourth-order valence-electron chi connectivity index (χ4n) is 2.84. The summed E-state index contributed by atoms with van der Waals surface area (Å²) in [5.41, 5.74) is 6.91. The Morgan fingerprint density at radius 1 is 1.20 bits per heavy atom. The van der Waals surface area contributed by atoms with Crippen molar-refractivity contribution in [3.8, 4) is 0 Å². The summed E-state index contributed by atoms with van der Waals surface area (Å²) >= 11 is 0. The summed E-state index contributed by atoms with van der Waals surface area (Å²) in [5.74, 6) is 0.144. The highest BCUT2D eigenvalue weighted by Gasteiger charge is 2.23. The molecular weight excluding hydrogens is 272 g/mol. The van der Waals surface area contributed by atoms with Gasteiger partial charge >= 0.3 is 0 Å². The van der Waals surface area contributed by atoms with Crippen molar-refractivity contribution in [3.05, 3.63) is 29.8 Å². The molecule has 1 fully saturated rings. The van der Waals surface area contributed by atoms with Crippen LogP contribution in [-0.4, -0.2) is 38.7 Å². The summed E-state index contributed by atoms with van der Waals surface area (Å²) in [6.07, 6.45) is 3.40. The first-order valence-corrected chi connectivity index (χ1v) is 9.00. The maximum absolute atomic E-state index is 11.8. The molecule has 0 aliphatic carbocycles. The lowest BCUT2D eigenvalue weighted by Crippen LogP contribution is -2.27. The van der Waals surface area contributed by atoms with Gasteiger partial charge in [-0.15, -0.1) is 0 Å². The number of nitrogens with zero attached hydrogens (tertiary/aromatic N) is 1. The summed E-state index contributed by atoms with van der Waals surface area (Å²) in [6, 6.07) is 7.67. The first-order valence-electron chi connectivity index (χ1n) is 7.35. The van der Waals surface area contributed by atoms with Gasteiger partial charge in [0.05, 0.1) is 10.6 Å². The van der Waals surface area contributed by atoms with Gasteiger partial charge in [-0.05, 0) is 56.6 Å². The molecule has 0 spiro atoms. The van der Waals surface area contributed by atoms with E-state index in [2.05, 4.69) is 4.90 Å². The predicted molar refractivity (Wildman–Crippen MR) is 81.4 cm³/mol. The Hall–Kier alpha value is -0.910. The molecule has 0 aromatic heterocycles. The lowest BCUT2D eigenvalue weighted by molar-refractivity contribution is 0.236. The van der Waals surface area contributed by atoms with Crippen LogP contribution in [0.4, 0.5) is 0 Å². The van der Waals surface area contributed by atoms with Gasteiger partial charge in [0.15, 0.2) is 9.84 Å². The van der Waals surface area contributed by atoms with E-state index in [-0.39, 0.29) is 5.75 Å². The molecular formula is C15H24N2O2S. The zero-order chi connectivity index (χ0) is 14.6. The van der Waals surface area contributed by atoms with Gasteiger partial charge in [0, 0.05) is 6.04 Å². The van der Waals surface area contributed by atoms with Crippen molar-refractivity contribution in [2.24, 2.45) is 5.73 Å². The summed E-state index contributed by atoms with van der Waals surface area (Å²) in [7, 11) is -3.11. The monoisotopic (exact) mass is 296 g/mol. The molecule has 1 heterocycles. The third kappa shape index (κ3) is 3.40. The highest BCUT2D eigenvalue weighted by molar-refractivity contribution is 7.91. The lowest BCUT2D eigenvalue weighted by atomic mass is 10.0. The number of benzene rings is 1. The highest BCUT2D eigenvalue weighted by Crippen LogP contribution is 2.28. The van der Waals surface area contributed by atoms with Crippen LogP contribution in [-0.2, 0) is 9.84 Å². The van der Waals surface area contributed by atoms with Gasteiger partial charge in [0.2, 0.25) is 0 Å². The van der Waals surface area contributed by atoms with Crippen molar-refractivity contribution in [1.82, 2.24) is 4.90 Å². The van der Waals surface area contributed by atoms with Crippen LogP contribution in [0, 0.1) is 0 Å². The van der Waals surface area contributed by atoms with E-state index in [0.717, 1.165) is 19.5 Å². The van der Waals surface area contributed by atoms with Crippen LogP contribution < -0.4 is 5.73 Å². The Bertz CT molecular complexity index is 519. The summed E-state index contributed by atoms with van der Waals surface area (Å²) < 4.78 is 23.7. The molecule has 1 atom stereocenters. The third-order valence-corrected chi connectivity index (χ3v) is 5.78. The number of sulfone groups is 1. The van der Waals surface area contributed by atoms with E-state index in [1.54, 1.807) is 19.1 Å². The van der Waals surface area contributed by atoms with E-state index in [4.69, 9.17) is 5.73 Å². The minimum Gasteiger partial charge on any atom is -0.330 e. The van der Waals surface area contributed by atoms with E-state index in [1.807, 2.05) is 12.1 Å². The molecule has 5 heteroatoms. The Morgan fingerprint density at radius 2 is 1.80 bits per heavy atom. The molecule has 4 nitrogen and oxygen atoms in total. The van der Waals surface area contributed by atoms with Crippen LogP contribution in [0.1, 0.15) is 37.8 Å². The fraction of sp³-hybridized carbons (Fsp3) is 0.600. The van der Waals surface area contributed by atoms with Crippen LogP contribution in [0.15, 0.2) is 29.2 Å². The third-order valence-electron chi connectivity index (χ3n) is 4.03. The summed E-state index contributed by atoms with van der Waals surface area (Å²) in [6.45, 7) is 4.54. The molecule has 0 bridgehead atoms. The molecule has 1 aliphatic rings. The molecule has 2 N–H and O–H groups in total. The Balaban J connectivity index is 2.21. The second-order valence-corrected chi connectivity index (χ2v) is 7.59. The smallest absolute Gasteiger partial charge is 0.178 e. The molecule has 2 rings (SSSR count). The predicted octanol–water partition coefficient (Wildman–Crippen LogP) is 1.97. The molecule has 1 aromatic rings. The van der Waals surface area contributed by atoms with Crippen molar-refractivity contribution >= 4 is 9.84 Å². The van der Waals surface area contributed by atoms with Crippen molar-refractivity contribution in [2.75, 3.05) is 25.4 Å². The summed E-state index contributed by atoms with van der Waals surface area (Å²) in [5, 5.41) is 0. The number of hydrogen-bond acceptors (Lipinski definition) is 4. The molecule has 112 valence electrons. The maximum atomic E-state index is 11.8. The zero-order valence-electron chi connectivity index (χ0n) is 12.1. The van der Waals surface area contributed by atoms with Gasteiger partial charge in [-0.3, -0.25) is 4.90 Å². The molecule has 1 aromatic carbocycles. The van der Waals surface area contributed by atoms with Crippen molar-refractivity contribution in [2.45, 2.75) is 37.1 Å². The quantitative estimate of drug-likeness (QED) is 0.871. The lowest BCUT2D eigenvalue weighted by Gasteiger charge is -2.27.